The first kappa shape index (κ1) is 35.6. The molecular weight excluding hydrogens is 497 g/mol. The molecule has 0 aromatic heterocycles. The third-order valence-corrected chi connectivity index (χ3v) is 6.67. The van der Waals surface area contributed by atoms with Crippen molar-refractivity contribution in [1.29, 1.82) is 0 Å². The molecule has 0 aromatic rings. The fraction of sp³-hybridized carbons (Fsp3) is 0.852. The van der Waals surface area contributed by atoms with Gasteiger partial charge in [-0.3, -0.25) is 18.6 Å². The third kappa shape index (κ3) is 27.4. The molecule has 0 heterocycles. The predicted octanol–water partition coefficient (Wildman–Crippen LogP) is 6.59. The molecule has 0 radical (unpaired) electrons. The first-order chi connectivity index (χ1) is 17.8. The number of phosphoric acid groups is 1. The Labute approximate surface area is 224 Å². The lowest BCUT2D eigenvalue weighted by Crippen LogP contribution is -2.27. The molecule has 0 bridgehead atoms. The van der Waals surface area contributed by atoms with Gasteiger partial charge in [-0.15, -0.1) is 0 Å². The van der Waals surface area contributed by atoms with Crippen LogP contribution >= 0.6 is 7.82 Å². The van der Waals surface area contributed by atoms with Crippen LogP contribution in [0.15, 0.2) is 12.3 Å². The van der Waals surface area contributed by atoms with Crippen molar-refractivity contribution in [2.45, 2.75) is 123 Å². The van der Waals surface area contributed by atoms with Crippen LogP contribution in [0.4, 0.5) is 0 Å². The Bertz CT molecular complexity index is 644. The molecule has 1 unspecified atom stereocenters. The van der Waals surface area contributed by atoms with E-state index in [-0.39, 0.29) is 32.3 Å². The van der Waals surface area contributed by atoms with Crippen LogP contribution in [0.25, 0.3) is 0 Å². The van der Waals surface area contributed by atoms with Crippen LogP contribution in [0.1, 0.15) is 117 Å². The summed E-state index contributed by atoms with van der Waals surface area (Å²) in [5.74, 6) is -0.829. The zero-order chi connectivity index (χ0) is 27.6. The third-order valence-electron chi connectivity index (χ3n) is 5.69. The maximum atomic E-state index is 11.9. The van der Waals surface area contributed by atoms with Gasteiger partial charge in [0.15, 0.2) is 6.10 Å². The lowest BCUT2D eigenvalue weighted by atomic mass is 10.0. The maximum absolute atomic E-state index is 11.9. The van der Waals surface area contributed by atoms with Crippen molar-refractivity contribution < 1.29 is 37.6 Å². The molecule has 218 valence electrons. The van der Waals surface area contributed by atoms with Crippen molar-refractivity contribution in [1.82, 2.24) is 5.32 Å². The lowest BCUT2D eigenvalue weighted by molar-refractivity contribution is -0.150. The molecule has 0 rings (SSSR count). The number of ether oxygens (including phenoxy) is 2. The molecule has 1 amide bonds. The van der Waals surface area contributed by atoms with Crippen LogP contribution in [-0.2, 0) is 32.7 Å². The molecule has 0 saturated heterocycles. The summed E-state index contributed by atoms with van der Waals surface area (Å²) in [5, 5.41) is 2.44. The molecule has 37 heavy (non-hydrogen) atoms. The Hall–Kier alpha value is -1.41. The average Bonchev–Trinajstić information content (AvgIpc) is 2.84. The number of allylic oxidation sites excluding steroid dienone is 1. The smallest absolute Gasteiger partial charge is 0.472 e. The van der Waals surface area contributed by atoms with Crippen LogP contribution in [0, 0.1) is 0 Å². The molecule has 0 aliphatic heterocycles. The van der Waals surface area contributed by atoms with Gasteiger partial charge < -0.3 is 19.7 Å². The largest absolute Gasteiger partial charge is 0.498 e. The first-order valence-corrected chi connectivity index (χ1v) is 15.6. The summed E-state index contributed by atoms with van der Waals surface area (Å²) < 4.78 is 32.0. The number of carbonyl (C=O) groups excluding carboxylic acids is 2. The van der Waals surface area contributed by atoms with Crippen molar-refractivity contribution in [3.63, 3.8) is 0 Å². The zero-order valence-electron chi connectivity index (χ0n) is 23.4. The molecule has 0 aliphatic carbocycles. The highest BCUT2D eigenvalue weighted by molar-refractivity contribution is 7.47. The second-order valence-electron chi connectivity index (χ2n) is 9.40. The monoisotopic (exact) mass is 549 g/mol. The summed E-state index contributed by atoms with van der Waals surface area (Å²) in [7, 11) is -4.34. The van der Waals surface area contributed by atoms with E-state index >= 15 is 0 Å². The molecule has 0 saturated carbocycles. The molecule has 9 nitrogen and oxygen atoms in total. The lowest BCUT2D eigenvalue weighted by Gasteiger charge is -2.18. The van der Waals surface area contributed by atoms with E-state index in [4.69, 9.17) is 18.5 Å². The maximum Gasteiger partial charge on any atom is 0.472 e. The summed E-state index contributed by atoms with van der Waals surface area (Å²) in [5.41, 5.74) is 0. The number of hydrogen-bond donors (Lipinski definition) is 2. The first-order valence-electron chi connectivity index (χ1n) is 14.1. The summed E-state index contributed by atoms with van der Waals surface area (Å²) in [6, 6.07) is 0. The highest BCUT2D eigenvalue weighted by atomic mass is 31.2. The molecule has 2 N–H and O–H groups in total. The van der Waals surface area contributed by atoms with Gasteiger partial charge in [-0.25, -0.2) is 4.57 Å². The standard InChI is InChI=1S/C27H52NO8P/c1-4-5-6-7-8-9-10-11-12-13-14-15-16-17-18-19-21-33-23-27(36-26(3)30)24-35-37(31,32)34-22-20-28-25(2)29/h19,21,27H,4-18,20,22-24H2,1-3H3,(H,28,29)(H,31,32)/b21-19+/t27-/m1/s1. The summed E-state index contributed by atoms with van der Waals surface area (Å²) in [6.45, 7) is 4.33. The Morgan fingerprint density at radius 2 is 1.38 bits per heavy atom. The van der Waals surface area contributed by atoms with Gasteiger partial charge in [0, 0.05) is 20.4 Å². The molecule has 0 aromatic carbocycles. The molecule has 0 aliphatic rings. The average molecular weight is 550 g/mol. The minimum absolute atomic E-state index is 0.0132. The van der Waals surface area contributed by atoms with E-state index in [9.17, 15) is 19.0 Å². The molecule has 2 atom stereocenters. The number of esters is 1. The highest BCUT2D eigenvalue weighted by Gasteiger charge is 2.24. The predicted molar refractivity (Wildman–Crippen MR) is 146 cm³/mol. The number of hydrogen-bond acceptors (Lipinski definition) is 7. The van der Waals surface area contributed by atoms with Gasteiger partial charge in [-0.2, -0.15) is 0 Å². The van der Waals surface area contributed by atoms with Gasteiger partial charge in [0.25, 0.3) is 0 Å². The number of unbranched alkanes of at least 4 members (excludes halogenated alkanes) is 14. The van der Waals surface area contributed by atoms with Gasteiger partial charge in [0.05, 0.1) is 19.5 Å². The van der Waals surface area contributed by atoms with Crippen molar-refractivity contribution in [3.8, 4) is 0 Å². The van der Waals surface area contributed by atoms with E-state index in [1.165, 1.54) is 97.3 Å². The fourth-order valence-corrected chi connectivity index (χ4v) is 4.46. The molecule has 0 fully saturated rings. The molecular formula is C27H52NO8P. The van der Waals surface area contributed by atoms with E-state index in [0.717, 1.165) is 12.8 Å². The van der Waals surface area contributed by atoms with E-state index in [1.807, 2.05) is 6.08 Å². The van der Waals surface area contributed by atoms with Gasteiger partial charge >= 0.3 is 13.8 Å². The van der Waals surface area contributed by atoms with E-state index in [0.29, 0.717) is 0 Å². The van der Waals surface area contributed by atoms with Gasteiger partial charge in [-0.05, 0) is 18.9 Å². The van der Waals surface area contributed by atoms with Crippen molar-refractivity contribution in [2.24, 2.45) is 0 Å². The Morgan fingerprint density at radius 3 is 1.89 bits per heavy atom. The second kappa shape index (κ2) is 24.9. The number of nitrogens with one attached hydrogen (secondary N) is 1. The van der Waals surface area contributed by atoms with Gasteiger partial charge in [0.2, 0.25) is 5.91 Å². The van der Waals surface area contributed by atoms with Gasteiger partial charge in [-0.1, -0.05) is 90.4 Å². The van der Waals surface area contributed by atoms with E-state index in [1.54, 1.807) is 6.26 Å². The minimum Gasteiger partial charge on any atom is -0.498 e. The highest BCUT2D eigenvalue weighted by Crippen LogP contribution is 2.43. The normalized spacial score (nSPS) is 13.8. The topological polar surface area (TPSA) is 120 Å². The van der Waals surface area contributed by atoms with E-state index < -0.39 is 19.9 Å². The van der Waals surface area contributed by atoms with Crippen LogP contribution in [0.2, 0.25) is 0 Å². The number of rotatable bonds is 26. The second-order valence-corrected chi connectivity index (χ2v) is 10.9. The Balaban J connectivity index is 3.79. The zero-order valence-corrected chi connectivity index (χ0v) is 24.3. The Kier molecular flexibility index (Phi) is 24.0. The van der Waals surface area contributed by atoms with Crippen LogP contribution in [-0.4, -0.2) is 49.2 Å². The quantitative estimate of drug-likeness (QED) is 0.0537. The van der Waals surface area contributed by atoms with Crippen LogP contribution < -0.4 is 5.32 Å². The van der Waals surface area contributed by atoms with Crippen molar-refractivity contribution >= 4 is 19.7 Å². The van der Waals surface area contributed by atoms with E-state index in [2.05, 4.69) is 12.2 Å². The minimum atomic E-state index is -4.34. The molecule has 10 heteroatoms. The van der Waals surface area contributed by atoms with Crippen LogP contribution in [0.3, 0.4) is 0 Å². The fourth-order valence-electron chi connectivity index (χ4n) is 3.71. The molecule has 0 spiro atoms. The number of phosphoric ester groups is 1. The summed E-state index contributed by atoms with van der Waals surface area (Å²) in [4.78, 5) is 31.8. The van der Waals surface area contributed by atoms with Crippen molar-refractivity contribution in [2.75, 3.05) is 26.4 Å². The Morgan fingerprint density at radius 1 is 0.838 bits per heavy atom. The summed E-state index contributed by atoms with van der Waals surface area (Å²) >= 11 is 0. The number of amides is 1. The summed E-state index contributed by atoms with van der Waals surface area (Å²) in [6.07, 6.45) is 22.1. The van der Waals surface area contributed by atoms with Crippen LogP contribution in [0.5, 0.6) is 0 Å². The van der Waals surface area contributed by atoms with Gasteiger partial charge in [0.1, 0.15) is 6.61 Å². The van der Waals surface area contributed by atoms with Crippen molar-refractivity contribution in [3.05, 3.63) is 12.3 Å². The number of carbonyl (C=O) groups is 2. The SMILES string of the molecule is CCCCCCCCCCCCCCCC/C=C/OC[C@H](COP(=O)(O)OCCNC(C)=O)OC(C)=O.